The summed E-state index contributed by atoms with van der Waals surface area (Å²) in [5, 5.41) is 4.89. The summed E-state index contributed by atoms with van der Waals surface area (Å²) in [6.45, 7) is 6.50. The Morgan fingerprint density at radius 2 is 2.26 bits per heavy atom. The van der Waals surface area contributed by atoms with Gasteiger partial charge in [0.2, 0.25) is 5.91 Å². The summed E-state index contributed by atoms with van der Waals surface area (Å²) in [6.07, 6.45) is 3.96. The summed E-state index contributed by atoms with van der Waals surface area (Å²) in [4.78, 5) is 17.9. The van der Waals surface area contributed by atoms with Gasteiger partial charge in [0.1, 0.15) is 0 Å². The van der Waals surface area contributed by atoms with Gasteiger partial charge in [-0.2, -0.15) is 0 Å². The normalized spacial score (nSPS) is 21.6. The minimum Gasteiger partial charge on any atom is -0.343 e. The van der Waals surface area contributed by atoms with E-state index in [0.29, 0.717) is 12.0 Å². The zero-order chi connectivity index (χ0) is 16.2. The number of carbonyl (C=O) groups excluding carboxylic acids is 1. The summed E-state index contributed by atoms with van der Waals surface area (Å²) in [6, 6.07) is 11.0. The second-order valence-corrected chi connectivity index (χ2v) is 6.44. The van der Waals surface area contributed by atoms with Crippen LogP contribution in [-0.2, 0) is 11.3 Å². The second-order valence-electron chi connectivity index (χ2n) is 6.44. The molecule has 1 aliphatic rings. The molecule has 0 saturated carbocycles. The Kier molecular flexibility index (Phi) is 4.91. The van der Waals surface area contributed by atoms with Gasteiger partial charge < -0.3 is 10.2 Å². The van der Waals surface area contributed by atoms with Crippen LogP contribution in [0.4, 0.5) is 0 Å². The first-order valence-electron chi connectivity index (χ1n) is 8.50. The van der Waals surface area contributed by atoms with Crippen molar-refractivity contribution in [1.29, 1.82) is 0 Å². The summed E-state index contributed by atoms with van der Waals surface area (Å²) in [7, 11) is 0. The van der Waals surface area contributed by atoms with E-state index in [-0.39, 0.29) is 5.91 Å². The zero-order valence-electron chi connectivity index (χ0n) is 14.0. The molecule has 23 heavy (non-hydrogen) atoms. The quantitative estimate of drug-likeness (QED) is 0.944. The molecule has 1 aromatic heterocycles. The van der Waals surface area contributed by atoms with Gasteiger partial charge in [-0.15, -0.1) is 0 Å². The smallest absolute Gasteiger partial charge is 0.219 e. The second kappa shape index (κ2) is 7.09. The maximum Gasteiger partial charge on any atom is 0.219 e. The molecule has 1 saturated heterocycles. The van der Waals surface area contributed by atoms with E-state index in [1.165, 1.54) is 10.9 Å². The SMILES string of the molecule is CC[C@H]1CN(C(C)=O)CC[C@H]1NCc1ccc2ncccc2c1. The molecule has 0 bridgehead atoms. The molecule has 0 radical (unpaired) electrons. The maximum absolute atomic E-state index is 11.6. The fraction of sp³-hybridized carbons (Fsp3) is 0.474. The van der Waals surface area contributed by atoms with Crippen molar-refractivity contribution in [3.05, 3.63) is 42.1 Å². The number of piperidine rings is 1. The van der Waals surface area contributed by atoms with E-state index in [0.717, 1.165) is 38.0 Å². The van der Waals surface area contributed by atoms with Crippen molar-refractivity contribution >= 4 is 16.8 Å². The lowest BCUT2D eigenvalue weighted by atomic mass is 9.89. The number of likely N-dealkylation sites (tertiary alicyclic amines) is 1. The molecule has 0 aliphatic carbocycles. The number of rotatable bonds is 4. The van der Waals surface area contributed by atoms with E-state index in [4.69, 9.17) is 0 Å². The number of pyridine rings is 1. The fourth-order valence-corrected chi connectivity index (χ4v) is 3.48. The van der Waals surface area contributed by atoms with Gasteiger partial charge in [0.15, 0.2) is 0 Å². The lowest BCUT2D eigenvalue weighted by Gasteiger charge is -2.38. The first-order valence-corrected chi connectivity index (χ1v) is 8.50. The average Bonchev–Trinajstić information content (AvgIpc) is 2.59. The van der Waals surface area contributed by atoms with E-state index in [9.17, 15) is 4.79 Å². The van der Waals surface area contributed by atoms with Gasteiger partial charge in [0.25, 0.3) is 0 Å². The van der Waals surface area contributed by atoms with Gasteiger partial charge in [-0.3, -0.25) is 9.78 Å². The van der Waals surface area contributed by atoms with Crippen LogP contribution in [0, 0.1) is 5.92 Å². The Balaban J connectivity index is 1.63. The van der Waals surface area contributed by atoms with E-state index >= 15 is 0 Å². The van der Waals surface area contributed by atoms with E-state index in [1.54, 1.807) is 6.92 Å². The van der Waals surface area contributed by atoms with Crippen molar-refractivity contribution in [3.8, 4) is 0 Å². The van der Waals surface area contributed by atoms with Gasteiger partial charge in [-0.05, 0) is 36.1 Å². The number of aromatic nitrogens is 1. The molecule has 1 aliphatic heterocycles. The van der Waals surface area contributed by atoms with Crippen LogP contribution in [0.3, 0.4) is 0 Å². The van der Waals surface area contributed by atoms with Crippen LogP contribution < -0.4 is 5.32 Å². The minimum atomic E-state index is 0.198. The van der Waals surface area contributed by atoms with Gasteiger partial charge in [-0.1, -0.05) is 25.5 Å². The molecule has 4 heteroatoms. The predicted octanol–water partition coefficient (Wildman–Crippen LogP) is 2.97. The molecule has 1 aromatic carbocycles. The highest BCUT2D eigenvalue weighted by Gasteiger charge is 2.28. The standard InChI is InChI=1S/C19H25N3O/c1-3-16-13-22(14(2)23)10-8-19(16)21-12-15-6-7-18-17(11-15)5-4-9-20-18/h4-7,9,11,16,19,21H,3,8,10,12-13H2,1-2H3/t16-,19+/m0/s1. The van der Waals surface area contributed by atoms with Crippen molar-refractivity contribution in [2.75, 3.05) is 13.1 Å². The first-order chi connectivity index (χ1) is 11.2. The third-order valence-corrected chi connectivity index (χ3v) is 4.94. The van der Waals surface area contributed by atoms with Crippen LogP contribution in [0.15, 0.2) is 36.5 Å². The van der Waals surface area contributed by atoms with Crippen LogP contribution in [-0.4, -0.2) is 34.9 Å². The molecule has 0 spiro atoms. The van der Waals surface area contributed by atoms with E-state index in [2.05, 4.69) is 41.5 Å². The van der Waals surface area contributed by atoms with Crippen molar-refractivity contribution in [2.24, 2.45) is 5.92 Å². The molecule has 1 N–H and O–H groups in total. The van der Waals surface area contributed by atoms with Gasteiger partial charge in [0.05, 0.1) is 5.52 Å². The molecular weight excluding hydrogens is 286 g/mol. The van der Waals surface area contributed by atoms with Gasteiger partial charge in [0, 0.05) is 44.2 Å². The van der Waals surface area contributed by atoms with Crippen LogP contribution >= 0.6 is 0 Å². The third kappa shape index (κ3) is 3.70. The molecule has 0 unspecified atom stereocenters. The van der Waals surface area contributed by atoms with Crippen molar-refractivity contribution in [3.63, 3.8) is 0 Å². The highest BCUT2D eigenvalue weighted by molar-refractivity contribution is 5.78. The highest BCUT2D eigenvalue weighted by atomic mass is 16.2. The van der Waals surface area contributed by atoms with Crippen LogP contribution in [0.1, 0.15) is 32.3 Å². The maximum atomic E-state index is 11.6. The number of hydrogen-bond acceptors (Lipinski definition) is 3. The molecular formula is C19H25N3O. The minimum absolute atomic E-state index is 0.198. The van der Waals surface area contributed by atoms with Crippen LogP contribution in [0.5, 0.6) is 0 Å². The van der Waals surface area contributed by atoms with E-state index in [1.807, 2.05) is 17.2 Å². The number of amides is 1. The van der Waals surface area contributed by atoms with Crippen molar-refractivity contribution in [1.82, 2.24) is 15.2 Å². The summed E-state index contributed by atoms with van der Waals surface area (Å²) in [5.41, 5.74) is 2.33. The Labute approximate surface area is 137 Å². The number of nitrogens with zero attached hydrogens (tertiary/aromatic N) is 2. The molecule has 3 rings (SSSR count). The van der Waals surface area contributed by atoms with E-state index < -0.39 is 0 Å². The number of carbonyl (C=O) groups is 1. The topological polar surface area (TPSA) is 45.2 Å². The third-order valence-electron chi connectivity index (χ3n) is 4.94. The molecule has 4 nitrogen and oxygen atoms in total. The first kappa shape index (κ1) is 15.9. The summed E-state index contributed by atoms with van der Waals surface area (Å²) in [5.74, 6) is 0.735. The Morgan fingerprint density at radius 1 is 1.39 bits per heavy atom. The molecule has 122 valence electrons. The highest BCUT2D eigenvalue weighted by Crippen LogP contribution is 2.21. The van der Waals surface area contributed by atoms with Gasteiger partial charge in [-0.25, -0.2) is 0 Å². The fourth-order valence-electron chi connectivity index (χ4n) is 3.48. The number of fused-ring (bicyclic) bond motifs is 1. The van der Waals surface area contributed by atoms with Crippen molar-refractivity contribution in [2.45, 2.75) is 39.3 Å². The predicted molar refractivity (Wildman–Crippen MR) is 93.0 cm³/mol. The lowest BCUT2D eigenvalue weighted by Crippen LogP contribution is -2.50. The average molecular weight is 311 g/mol. The molecule has 2 aromatic rings. The Hall–Kier alpha value is -1.94. The van der Waals surface area contributed by atoms with Crippen LogP contribution in [0.25, 0.3) is 10.9 Å². The molecule has 1 fully saturated rings. The van der Waals surface area contributed by atoms with Gasteiger partial charge >= 0.3 is 0 Å². The van der Waals surface area contributed by atoms with Crippen LogP contribution in [0.2, 0.25) is 0 Å². The number of benzene rings is 1. The van der Waals surface area contributed by atoms with Crippen molar-refractivity contribution < 1.29 is 4.79 Å². The largest absolute Gasteiger partial charge is 0.343 e. The molecule has 2 heterocycles. The Bertz CT molecular complexity index is 685. The number of nitrogens with one attached hydrogen (secondary N) is 1. The molecule has 2 atom stereocenters. The monoisotopic (exact) mass is 311 g/mol. The summed E-state index contributed by atoms with van der Waals surface area (Å²) < 4.78 is 0. The molecule has 1 amide bonds. The summed E-state index contributed by atoms with van der Waals surface area (Å²) >= 11 is 0. The number of hydrogen-bond donors (Lipinski definition) is 1. The lowest BCUT2D eigenvalue weighted by molar-refractivity contribution is -0.131. The zero-order valence-corrected chi connectivity index (χ0v) is 14.0. The Morgan fingerprint density at radius 3 is 3.04 bits per heavy atom.